The number of benzene rings is 1. The third-order valence-corrected chi connectivity index (χ3v) is 3.99. The number of hydrogen-bond donors (Lipinski definition) is 0. The molecule has 0 N–H and O–H groups in total. The van der Waals surface area contributed by atoms with Crippen LogP contribution in [0.5, 0.6) is 5.75 Å². The van der Waals surface area contributed by atoms with E-state index in [1.807, 2.05) is 29.2 Å². The number of ether oxygens (including phenoxy) is 1. The largest absolute Gasteiger partial charge is 0.496 e. The van der Waals surface area contributed by atoms with Crippen LogP contribution in [-0.4, -0.2) is 31.0 Å². The highest BCUT2D eigenvalue weighted by Gasteiger charge is 2.26. The van der Waals surface area contributed by atoms with Crippen LogP contribution < -0.4 is 4.74 Å². The standard InChI is InChI=1S/C16H19NO2/c1-19-15-5-3-2-4-14(15)16(18)17-10-8-13(9-11-17)12-6-7-12/h2-5H,6-11H2,1H3. The summed E-state index contributed by atoms with van der Waals surface area (Å²) < 4.78 is 5.27. The van der Waals surface area contributed by atoms with Crippen molar-refractivity contribution < 1.29 is 9.53 Å². The average Bonchev–Trinajstić information content (AvgIpc) is 3.31. The van der Waals surface area contributed by atoms with Crippen LogP contribution in [0, 0.1) is 0 Å². The predicted molar refractivity (Wildman–Crippen MR) is 74.4 cm³/mol. The highest BCUT2D eigenvalue weighted by atomic mass is 16.5. The first-order valence-corrected chi connectivity index (χ1v) is 6.91. The van der Waals surface area contributed by atoms with Crippen LogP contribution in [0.3, 0.4) is 0 Å². The van der Waals surface area contributed by atoms with E-state index < -0.39 is 0 Å². The second kappa shape index (κ2) is 5.08. The number of methoxy groups -OCH3 is 1. The fourth-order valence-corrected chi connectivity index (χ4v) is 2.74. The predicted octanol–water partition coefficient (Wildman–Crippen LogP) is 3.02. The van der Waals surface area contributed by atoms with E-state index in [-0.39, 0.29) is 5.91 Å². The number of carbonyl (C=O) groups is 1. The zero-order valence-electron chi connectivity index (χ0n) is 11.3. The van der Waals surface area contributed by atoms with Crippen LogP contribution in [0.1, 0.15) is 36.0 Å². The monoisotopic (exact) mass is 257 g/mol. The summed E-state index contributed by atoms with van der Waals surface area (Å²) in [5.41, 5.74) is 3.92. The molecule has 1 aromatic rings. The van der Waals surface area contributed by atoms with Crippen LogP contribution in [0.15, 0.2) is 35.4 Å². The quantitative estimate of drug-likeness (QED) is 0.762. The first-order valence-electron chi connectivity index (χ1n) is 6.91. The Hall–Kier alpha value is -1.77. The fraction of sp³-hybridized carbons (Fsp3) is 0.438. The van der Waals surface area contributed by atoms with Crippen LogP contribution in [0.4, 0.5) is 0 Å². The summed E-state index contributed by atoms with van der Waals surface area (Å²) in [7, 11) is 1.61. The van der Waals surface area contributed by atoms with Gasteiger partial charge in [0.25, 0.3) is 5.91 Å². The highest BCUT2D eigenvalue weighted by Crippen LogP contribution is 2.36. The molecule has 1 aliphatic carbocycles. The van der Waals surface area contributed by atoms with E-state index in [0.29, 0.717) is 11.3 Å². The maximum Gasteiger partial charge on any atom is 0.257 e. The van der Waals surface area contributed by atoms with Gasteiger partial charge in [-0.1, -0.05) is 23.3 Å². The molecule has 0 bridgehead atoms. The Bertz CT molecular complexity index is 517. The van der Waals surface area contributed by atoms with Crippen molar-refractivity contribution in [2.45, 2.75) is 25.7 Å². The highest BCUT2D eigenvalue weighted by molar-refractivity contribution is 5.97. The molecule has 1 heterocycles. The van der Waals surface area contributed by atoms with Gasteiger partial charge in [0, 0.05) is 13.1 Å². The van der Waals surface area contributed by atoms with Gasteiger partial charge in [-0.15, -0.1) is 0 Å². The van der Waals surface area contributed by atoms with Gasteiger partial charge in [-0.3, -0.25) is 4.79 Å². The van der Waals surface area contributed by atoms with E-state index in [2.05, 4.69) is 0 Å². The van der Waals surface area contributed by atoms with Gasteiger partial charge in [0.15, 0.2) is 0 Å². The van der Waals surface area contributed by atoms with E-state index in [9.17, 15) is 4.79 Å². The van der Waals surface area contributed by atoms with E-state index in [0.717, 1.165) is 25.9 Å². The number of hydrogen-bond acceptors (Lipinski definition) is 2. The summed E-state index contributed by atoms with van der Waals surface area (Å²) in [4.78, 5) is 14.5. The minimum atomic E-state index is 0.0947. The molecule has 0 atom stereocenters. The summed E-state index contributed by atoms with van der Waals surface area (Å²) in [5, 5.41) is 0. The van der Waals surface area contributed by atoms with Crippen molar-refractivity contribution >= 4 is 5.91 Å². The average molecular weight is 257 g/mol. The smallest absolute Gasteiger partial charge is 0.257 e. The Balaban J connectivity index is 1.72. The van der Waals surface area contributed by atoms with Crippen LogP contribution in [-0.2, 0) is 0 Å². The van der Waals surface area contributed by atoms with Crippen LogP contribution >= 0.6 is 0 Å². The lowest BCUT2D eigenvalue weighted by Crippen LogP contribution is -2.36. The van der Waals surface area contributed by atoms with Gasteiger partial charge in [0.2, 0.25) is 0 Å². The molecular weight excluding hydrogens is 238 g/mol. The molecule has 0 radical (unpaired) electrons. The third kappa shape index (κ3) is 2.50. The number of amides is 1. The molecule has 1 aliphatic heterocycles. The Morgan fingerprint density at radius 2 is 1.68 bits per heavy atom. The first kappa shape index (κ1) is 12.3. The molecule has 1 aromatic carbocycles. The Labute approximate surface area is 113 Å². The van der Waals surface area contributed by atoms with Crippen molar-refractivity contribution in [3.8, 4) is 5.75 Å². The second-order valence-corrected chi connectivity index (χ2v) is 5.20. The fourth-order valence-electron chi connectivity index (χ4n) is 2.74. The lowest BCUT2D eigenvalue weighted by Gasteiger charge is -2.29. The minimum absolute atomic E-state index is 0.0947. The molecule has 3 heteroatoms. The maximum absolute atomic E-state index is 12.5. The summed E-state index contributed by atoms with van der Waals surface area (Å²) in [6, 6.07) is 7.46. The lowest BCUT2D eigenvalue weighted by molar-refractivity contribution is 0.0740. The molecule has 1 saturated carbocycles. The minimum Gasteiger partial charge on any atom is -0.496 e. The molecule has 19 heavy (non-hydrogen) atoms. The molecule has 3 rings (SSSR count). The Kier molecular flexibility index (Phi) is 3.28. The maximum atomic E-state index is 12.5. The molecule has 3 nitrogen and oxygen atoms in total. The van der Waals surface area contributed by atoms with E-state index in [1.54, 1.807) is 18.3 Å². The molecule has 2 aliphatic rings. The number of piperidine rings is 1. The van der Waals surface area contributed by atoms with Gasteiger partial charge >= 0.3 is 0 Å². The van der Waals surface area contributed by atoms with Crippen molar-refractivity contribution in [3.63, 3.8) is 0 Å². The van der Waals surface area contributed by atoms with Crippen molar-refractivity contribution in [1.82, 2.24) is 4.90 Å². The normalized spacial score (nSPS) is 18.5. The molecule has 0 spiro atoms. The Morgan fingerprint density at radius 1 is 1.05 bits per heavy atom. The van der Waals surface area contributed by atoms with Crippen molar-refractivity contribution in [3.05, 3.63) is 41.0 Å². The van der Waals surface area contributed by atoms with Gasteiger partial charge < -0.3 is 9.64 Å². The zero-order chi connectivity index (χ0) is 13.2. The Morgan fingerprint density at radius 3 is 2.32 bits per heavy atom. The number of carbonyl (C=O) groups excluding carboxylic acids is 1. The van der Waals surface area contributed by atoms with E-state index >= 15 is 0 Å². The first-order chi connectivity index (χ1) is 9.29. The second-order valence-electron chi connectivity index (χ2n) is 5.20. The summed E-state index contributed by atoms with van der Waals surface area (Å²) >= 11 is 0. The number of rotatable bonds is 2. The van der Waals surface area contributed by atoms with Crippen LogP contribution in [0.25, 0.3) is 0 Å². The third-order valence-electron chi connectivity index (χ3n) is 3.99. The SMILES string of the molecule is COc1ccccc1C(=O)N1CCC(=C2CC2)CC1. The molecule has 1 amide bonds. The van der Waals surface area contributed by atoms with Gasteiger partial charge in [0.05, 0.1) is 12.7 Å². The van der Waals surface area contributed by atoms with Crippen molar-refractivity contribution in [2.24, 2.45) is 0 Å². The van der Waals surface area contributed by atoms with Gasteiger partial charge in [-0.25, -0.2) is 0 Å². The van der Waals surface area contributed by atoms with E-state index in [1.165, 1.54) is 12.8 Å². The molecule has 0 aromatic heterocycles. The summed E-state index contributed by atoms with van der Waals surface area (Å²) in [6.45, 7) is 1.69. The van der Waals surface area contributed by atoms with Gasteiger partial charge in [-0.2, -0.15) is 0 Å². The number of likely N-dealkylation sites (tertiary alicyclic amines) is 1. The summed E-state index contributed by atoms with van der Waals surface area (Å²) in [6.07, 6.45) is 4.68. The lowest BCUT2D eigenvalue weighted by atomic mass is 10.0. The molecule has 1 saturated heterocycles. The molecular formula is C16H19NO2. The van der Waals surface area contributed by atoms with E-state index in [4.69, 9.17) is 4.74 Å². The number of para-hydroxylation sites is 1. The zero-order valence-corrected chi connectivity index (χ0v) is 11.3. The van der Waals surface area contributed by atoms with Crippen molar-refractivity contribution in [2.75, 3.05) is 20.2 Å². The van der Waals surface area contributed by atoms with Gasteiger partial charge in [-0.05, 0) is 37.8 Å². The van der Waals surface area contributed by atoms with Crippen LogP contribution in [0.2, 0.25) is 0 Å². The number of allylic oxidation sites excluding steroid dienone is 1. The molecule has 2 fully saturated rings. The summed E-state index contributed by atoms with van der Waals surface area (Å²) in [5.74, 6) is 0.760. The molecule has 100 valence electrons. The molecule has 0 unspecified atom stereocenters. The topological polar surface area (TPSA) is 29.5 Å². The van der Waals surface area contributed by atoms with Crippen molar-refractivity contribution in [1.29, 1.82) is 0 Å². The van der Waals surface area contributed by atoms with Gasteiger partial charge in [0.1, 0.15) is 5.75 Å². The number of nitrogens with zero attached hydrogens (tertiary/aromatic N) is 1.